The van der Waals surface area contributed by atoms with Gasteiger partial charge in [0.05, 0.1) is 18.7 Å². The fourth-order valence-corrected chi connectivity index (χ4v) is 2.93. The van der Waals surface area contributed by atoms with Crippen LogP contribution in [0.1, 0.15) is 13.3 Å². The zero-order chi connectivity index (χ0) is 19.6. The van der Waals surface area contributed by atoms with Gasteiger partial charge < -0.3 is 14.8 Å². The standard InChI is InChI=1S/C19H19F2NO4S/c1-2-25-17-6-4-3-5-16(17)22-18(23)12-26-19(24)9-10-27-13-7-8-14(20)15(21)11-13/h3-8,11H,2,9-10,12H2,1H3,(H,22,23). The summed E-state index contributed by atoms with van der Waals surface area (Å²) in [5.74, 6) is -2.05. The van der Waals surface area contributed by atoms with Gasteiger partial charge in [-0.25, -0.2) is 8.78 Å². The van der Waals surface area contributed by atoms with Crippen LogP contribution in [0.4, 0.5) is 14.5 Å². The summed E-state index contributed by atoms with van der Waals surface area (Å²) in [5.41, 5.74) is 0.495. The third-order valence-electron chi connectivity index (χ3n) is 3.29. The second-order valence-corrected chi connectivity index (χ2v) is 6.48. The molecule has 0 aliphatic rings. The Morgan fingerprint density at radius 2 is 1.89 bits per heavy atom. The molecule has 0 bridgehead atoms. The molecule has 1 amide bonds. The Kier molecular flexibility index (Phi) is 8.06. The minimum absolute atomic E-state index is 0.0342. The van der Waals surface area contributed by atoms with Crippen molar-refractivity contribution in [1.29, 1.82) is 0 Å². The van der Waals surface area contributed by atoms with Crippen molar-refractivity contribution in [2.24, 2.45) is 0 Å². The number of carbonyl (C=O) groups is 2. The number of carbonyl (C=O) groups excluding carboxylic acids is 2. The maximum atomic E-state index is 13.1. The smallest absolute Gasteiger partial charge is 0.307 e. The Morgan fingerprint density at radius 3 is 2.63 bits per heavy atom. The maximum absolute atomic E-state index is 13.1. The highest BCUT2D eigenvalue weighted by Gasteiger charge is 2.11. The molecule has 0 unspecified atom stereocenters. The van der Waals surface area contributed by atoms with E-state index in [2.05, 4.69) is 5.32 Å². The van der Waals surface area contributed by atoms with Crippen molar-refractivity contribution in [2.75, 3.05) is 24.3 Å². The molecule has 0 spiro atoms. The molecule has 8 heteroatoms. The van der Waals surface area contributed by atoms with Gasteiger partial charge in [-0.2, -0.15) is 0 Å². The van der Waals surface area contributed by atoms with Gasteiger partial charge in [0.2, 0.25) is 0 Å². The number of ether oxygens (including phenoxy) is 2. The van der Waals surface area contributed by atoms with E-state index >= 15 is 0 Å². The number of hydrogen-bond acceptors (Lipinski definition) is 5. The average Bonchev–Trinajstić information content (AvgIpc) is 2.65. The van der Waals surface area contributed by atoms with E-state index in [1.54, 1.807) is 24.3 Å². The SMILES string of the molecule is CCOc1ccccc1NC(=O)COC(=O)CCSc1ccc(F)c(F)c1. The summed E-state index contributed by atoms with van der Waals surface area (Å²) in [6.45, 7) is 1.87. The molecule has 0 fully saturated rings. The fraction of sp³-hybridized carbons (Fsp3) is 0.263. The van der Waals surface area contributed by atoms with E-state index in [-0.39, 0.29) is 6.42 Å². The lowest BCUT2D eigenvalue weighted by Crippen LogP contribution is -2.21. The predicted molar refractivity (Wildman–Crippen MR) is 98.9 cm³/mol. The molecule has 2 rings (SSSR count). The van der Waals surface area contributed by atoms with Crippen molar-refractivity contribution in [3.8, 4) is 5.75 Å². The summed E-state index contributed by atoms with van der Waals surface area (Å²) in [6, 6.07) is 10.5. The molecule has 0 saturated carbocycles. The van der Waals surface area contributed by atoms with Crippen LogP contribution in [-0.4, -0.2) is 30.8 Å². The lowest BCUT2D eigenvalue weighted by molar-refractivity contribution is -0.146. The predicted octanol–water partition coefficient (Wildman–Crippen LogP) is 4.03. The summed E-state index contributed by atoms with van der Waals surface area (Å²) >= 11 is 1.19. The van der Waals surface area contributed by atoms with Crippen molar-refractivity contribution in [3.05, 3.63) is 54.1 Å². The topological polar surface area (TPSA) is 64.6 Å². The lowest BCUT2D eigenvalue weighted by atomic mass is 10.3. The van der Waals surface area contributed by atoms with Crippen molar-refractivity contribution in [3.63, 3.8) is 0 Å². The van der Waals surface area contributed by atoms with Gasteiger partial charge in [0.25, 0.3) is 5.91 Å². The van der Waals surface area contributed by atoms with Crippen LogP contribution in [0.5, 0.6) is 5.75 Å². The molecule has 0 aliphatic heterocycles. The van der Waals surface area contributed by atoms with Gasteiger partial charge in [-0.3, -0.25) is 9.59 Å². The summed E-state index contributed by atoms with van der Waals surface area (Å²) in [7, 11) is 0. The Balaban J connectivity index is 1.72. The first kappa shape index (κ1) is 20.7. The second-order valence-electron chi connectivity index (χ2n) is 5.31. The Bertz CT molecular complexity index is 801. The number of esters is 1. The van der Waals surface area contributed by atoms with E-state index in [0.717, 1.165) is 12.1 Å². The highest BCUT2D eigenvalue weighted by atomic mass is 32.2. The summed E-state index contributed by atoms with van der Waals surface area (Å²) < 4.78 is 36.3. The molecule has 0 saturated heterocycles. The van der Waals surface area contributed by atoms with Crippen LogP contribution in [0.3, 0.4) is 0 Å². The average molecular weight is 395 g/mol. The van der Waals surface area contributed by atoms with Crippen LogP contribution in [-0.2, 0) is 14.3 Å². The normalized spacial score (nSPS) is 10.3. The number of hydrogen-bond donors (Lipinski definition) is 1. The number of nitrogens with one attached hydrogen (secondary N) is 1. The van der Waals surface area contributed by atoms with Gasteiger partial charge in [0, 0.05) is 10.6 Å². The zero-order valence-electron chi connectivity index (χ0n) is 14.7. The van der Waals surface area contributed by atoms with Gasteiger partial charge in [-0.1, -0.05) is 12.1 Å². The highest BCUT2D eigenvalue weighted by molar-refractivity contribution is 7.99. The number of anilines is 1. The number of halogens is 2. The van der Waals surface area contributed by atoms with Crippen LogP contribution in [0.2, 0.25) is 0 Å². The van der Waals surface area contributed by atoms with Gasteiger partial charge in [-0.05, 0) is 37.3 Å². The summed E-state index contributed by atoms with van der Waals surface area (Å²) in [4.78, 5) is 24.1. The minimum atomic E-state index is -0.938. The van der Waals surface area contributed by atoms with Crippen molar-refractivity contribution in [2.45, 2.75) is 18.2 Å². The Labute approximate surface area is 160 Å². The molecule has 0 aromatic heterocycles. The van der Waals surface area contributed by atoms with E-state index in [1.807, 2.05) is 6.92 Å². The Morgan fingerprint density at radius 1 is 1.11 bits per heavy atom. The van der Waals surface area contributed by atoms with Crippen LogP contribution in [0.15, 0.2) is 47.4 Å². The molecule has 0 atom stereocenters. The highest BCUT2D eigenvalue weighted by Crippen LogP contribution is 2.23. The van der Waals surface area contributed by atoms with Crippen LogP contribution >= 0.6 is 11.8 Å². The summed E-state index contributed by atoms with van der Waals surface area (Å²) in [5, 5.41) is 2.62. The third kappa shape index (κ3) is 6.90. The van der Waals surface area contributed by atoms with Crippen molar-refractivity contribution in [1.82, 2.24) is 0 Å². The van der Waals surface area contributed by atoms with Crippen molar-refractivity contribution < 1.29 is 27.8 Å². The van der Waals surface area contributed by atoms with E-state index < -0.39 is 30.1 Å². The molecular weight excluding hydrogens is 376 g/mol. The molecule has 1 N–H and O–H groups in total. The molecule has 0 radical (unpaired) electrons. The molecule has 0 heterocycles. The second kappa shape index (κ2) is 10.5. The zero-order valence-corrected chi connectivity index (χ0v) is 15.5. The van der Waals surface area contributed by atoms with Crippen LogP contribution in [0, 0.1) is 11.6 Å². The number of rotatable bonds is 9. The van der Waals surface area contributed by atoms with Crippen LogP contribution in [0.25, 0.3) is 0 Å². The lowest BCUT2D eigenvalue weighted by Gasteiger charge is -2.11. The van der Waals surface area contributed by atoms with Gasteiger partial charge in [0.1, 0.15) is 5.75 Å². The molecule has 27 heavy (non-hydrogen) atoms. The minimum Gasteiger partial charge on any atom is -0.492 e. The third-order valence-corrected chi connectivity index (χ3v) is 4.29. The maximum Gasteiger partial charge on any atom is 0.307 e. The van der Waals surface area contributed by atoms with Crippen LogP contribution < -0.4 is 10.1 Å². The number of thioether (sulfide) groups is 1. The van der Waals surface area contributed by atoms with Gasteiger partial charge >= 0.3 is 5.97 Å². The Hall–Kier alpha value is -2.61. The number of benzene rings is 2. The van der Waals surface area contributed by atoms with E-state index in [1.165, 1.54) is 17.8 Å². The first-order chi connectivity index (χ1) is 13.0. The largest absolute Gasteiger partial charge is 0.492 e. The summed E-state index contributed by atoms with van der Waals surface area (Å²) in [6.07, 6.45) is 0.0342. The first-order valence-corrected chi connectivity index (χ1v) is 9.23. The van der Waals surface area contributed by atoms with Gasteiger partial charge in [-0.15, -0.1) is 11.8 Å². The number of amides is 1. The quantitative estimate of drug-likeness (QED) is 0.513. The molecule has 5 nitrogen and oxygen atoms in total. The fourth-order valence-electron chi connectivity index (χ4n) is 2.07. The van der Waals surface area contributed by atoms with E-state index in [4.69, 9.17) is 9.47 Å². The first-order valence-electron chi connectivity index (χ1n) is 8.24. The molecule has 144 valence electrons. The van der Waals surface area contributed by atoms with Gasteiger partial charge in [0.15, 0.2) is 18.2 Å². The molecule has 0 aliphatic carbocycles. The van der Waals surface area contributed by atoms with E-state index in [9.17, 15) is 18.4 Å². The monoisotopic (exact) mass is 395 g/mol. The number of para-hydroxylation sites is 2. The molecule has 2 aromatic rings. The van der Waals surface area contributed by atoms with E-state index in [0.29, 0.717) is 28.7 Å². The van der Waals surface area contributed by atoms with Crippen molar-refractivity contribution >= 4 is 29.3 Å². The molecule has 2 aromatic carbocycles. The molecular formula is C19H19F2NO4S.